The Kier molecular flexibility index (Phi) is 3.53. The lowest BCUT2D eigenvalue weighted by molar-refractivity contribution is -0.141. The first kappa shape index (κ1) is 9.52. The predicted molar refractivity (Wildman–Crippen MR) is 46.6 cm³/mol. The summed E-state index contributed by atoms with van der Waals surface area (Å²) in [4.78, 5) is 13.4. The van der Waals surface area contributed by atoms with Crippen LogP contribution >= 0.6 is 0 Å². The molecule has 1 radical (unpaired) electrons. The maximum Gasteiger partial charge on any atom is 0.251 e. The van der Waals surface area contributed by atoms with Crippen molar-refractivity contribution in [3.63, 3.8) is 0 Å². The average molecular weight is 170 g/mol. The molecule has 0 bridgehead atoms. The van der Waals surface area contributed by atoms with Crippen LogP contribution in [-0.4, -0.2) is 37.1 Å². The lowest BCUT2D eigenvalue weighted by Crippen LogP contribution is -2.41. The molecule has 0 aromatic heterocycles. The summed E-state index contributed by atoms with van der Waals surface area (Å²) in [7, 11) is 1.57. The summed E-state index contributed by atoms with van der Waals surface area (Å²) in [6, 6.07) is 0. The Morgan fingerprint density at radius 3 is 2.92 bits per heavy atom. The van der Waals surface area contributed by atoms with Crippen LogP contribution in [0.4, 0.5) is 0 Å². The maximum atomic E-state index is 11.5. The Morgan fingerprint density at radius 1 is 1.67 bits per heavy atom. The van der Waals surface area contributed by atoms with E-state index in [1.165, 1.54) is 0 Å². The van der Waals surface area contributed by atoms with Crippen LogP contribution in [0.25, 0.3) is 0 Å². The van der Waals surface area contributed by atoms with Gasteiger partial charge in [-0.05, 0) is 26.2 Å². The van der Waals surface area contributed by atoms with Crippen molar-refractivity contribution in [2.24, 2.45) is 0 Å². The second-order valence-electron chi connectivity index (χ2n) is 3.09. The van der Waals surface area contributed by atoms with Crippen molar-refractivity contribution in [3.05, 3.63) is 6.42 Å². The van der Waals surface area contributed by atoms with Crippen molar-refractivity contribution in [3.8, 4) is 0 Å². The highest BCUT2D eigenvalue weighted by molar-refractivity contribution is 5.80. The van der Waals surface area contributed by atoms with E-state index in [1.54, 1.807) is 14.0 Å². The Balaban J connectivity index is 2.39. The minimum Gasteiger partial charge on any atom is -0.372 e. The van der Waals surface area contributed by atoms with Gasteiger partial charge in [0.05, 0.1) is 0 Å². The van der Waals surface area contributed by atoms with E-state index in [2.05, 4.69) is 6.42 Å². The fourth-order valence-corrected chi connectivity index (χ4v) is 1.32. The molecule has 1 fully saturated rings. The van der Waals surface area contributed by atoms with Crippen LogP contribution in [0, 0.1) is 6.42 Å². The van der Waals surface area contributed by atoms with E-state index in [4.69, 9.17) is 4.74 Å². The standard InChI is InChI=1S/C9H16NO2/c1-8(12-2)9(11)10-6-4-3-5-7-10/h4,8H,3,5-7H2,1-2H3/t8-/m1/s1. The van der Waals surface area contributed by atoms with Gasteiger partial charge in [-0.15, -0.1) is 0 Å². The highest BCUT2D eigenvalue weighted by Gasteiger charge is 2.21. The summed E-state index contributed by atoms with van der Waals surface area (Å²) >= 11 is 0. The normalized spacial score (nSPS) is 20.7. The van der Waals surface area contributed by atoms with E-state index in [0.29, 0.717) is 0 Å². The zero-order valence-electron chi connectivity index (χ0n) is 7.75. The molecule has 1 atom stereocenters. The molecule has 1 saturated heterocycles. The van der Waals surface area contributed by atoms with Crippen LogP contribution in [0.3, 0.4) is 0 Å². The first-order valence-corrected chi connectivity index (χ1v) is 4.39. The van der Waals surface area contributed by atoms with Gasteiger partial charge in [0.1, 0.15) is 6.10 Å². The smallest absolute Gasteiger partial charge is 0.251 e. The number of carbonyl (C=O) groups is 1. The molecular weight excluding hydrogens is 154 g/mol. The highest BCUT2D eigenvalue weighted by Crippen LogP contribution is 2.09. The van der Waals surface area contributed by atoms with E-state index in [1.807, 2.05) is 4.90 Å². The second kappa shape index (κ2) is 4.45. The van der Waals surface area contributed by atoms with E-state index in [9.17, 15) is 4.79 Å². The number of piperidine rings is 1. The maximum absolute atomic E-state index is 11.5. The first-order chi connectivity index (χ1) is 5.75. The Bertz CT molecular complexity index is 153. The van der Waals surface area contributed by atoms with Crippen LogP contribution in [-0.2, 0) is 9.53 Å². The van der Waals surface area contributed by atoms with Gasteiger partial charge >= 0.3 is 0 Å². The number of rotatable bonds is 2. The van der Waals surface area contributed by atoms with Gasteiger partial charge in [0.2, 0.25) is 0 Å². The summed E-state index contributed by atoms with van der Waals surface area (Å²) in [5.41, 5.74) is 0. The molecule has 0 aliphatic carbocycles. The molecule has 1 amide bonds. The van der Waals surface area contributed by atoms with Crippen LogP contribution in [0.2, 0.25) is 0 Å². The number of hydrogen-bond donors (Lipinski definition) is 0. The van der Waals surface area contributed by atoms with Gasteiger partial charge in [0.25, 0.3) is 5.91 Å². The molecule has 0 spiro atoms. The van der Waals surface area contributed by atoms with E-state index in [-0.39, 0.29) is 12.0 Å². The molecule has 1 heterocycles. The van der Waals surface area contributed by atoms with Gasteiger partial charge in [-0.2, -0.15) is 0 Å². The van der Waals surface area contributed by atoms with Gasteiger partial charge in [0.15, 0.2) is 0 Å². The number of ether oxygens (including phenoxy) is 1. The van der Waals surface area contributed by atoms with Gasteiger partial charge in [-0.25, -0.2) is 0 Å². The van der Waals surface area contributed by atoms with Crippen molar-refractivity contribution in [2.45, 2.75) is 25.9 Å². The number of nitrogens with zero attached hydrogens (tertiary/aromatic N) is 1. The van der Waals surface area contributed by atoms with Crippen molar-refractivity contribution in [1.82, 2.24) is 4.90 Å². The van der Waals surface area contributed by atoms with Crippen LogP contribution in [0.15, 0.2) is 0 Å². The van der Waals surface area contributed by atoms with E-state index < -0.39 is 0 Å². The van der Waals surface area contributed by atoms with Crippen LogP contribution in [0.1, 0.15) is 19.8 Å². The van der Waals surface area contributed by atoms with Crippen LogP contribution in [0.5, 0.6) is 0 Å². The van der Waals surface area contributed by atoms with E-state index in [0.717, 1.165) is 25.9 Å². The molecule has 3 heteroatoms. The van der Waals surface area contributed by atoms with Crippen molar-refractivity contribution >= 4 is 5.91 Å². The number of carbonyl (C=O) groups excluding carboxylic acids is 1. The molecule has 0 N–H and O–H groups in total. The van der Waals surface area contributed by atoms with E-state index >= 15 is 0 Å². The van der Waals surface area contributed by atoms with Crippen molar-refractivity contribution < 1.29 is 9.53 Å². The first-order valence-electron chi connectivity index (χ1n) is 4.39. The number of likely N-dealkylation sites (tertiary alicyclic amines) is 1. The van der Waals surface area contributed by atoms with Gasteiger partial charge in [-0.1, -0.05) is 0 Å². The predicted octanol–water partition coefficient (Wildman–Crippen LogP) is 0.848. The largest absolute Gasteiger partial charge is 0.372 e. The lowest BCUT2D eigenvalue weighted by atomic mass is 10.1. The van der Waals surface area contributed by atoms with Gasteiger partial charge in [-0.3, -0.25) is 4.79 Å². The zero-order valence-corrected chi connectivity index (χ0v) is 7.75. The number of amides is 1. The minimum atomic E-state index is -0.295. The molecular formula is C9H16NO2. The quantitative estimate of drug-likeness (QED) is 0.615. The molecule has 1 aliphatic rings. The second-order valence-corrected chi connectivity index (χ2v) is 3.09. The highest BCUT2D eigenvalue weighted by atomic mass is 16.5. The molecule has 1 rings (SSSR count). The molecule has 3 nitrogen and oxygen atoms in total. The van der Waals surface area contributed by atoms with Crippen LogP contribution < -0.4 is 0 Å². The van der Waals surface area contributed by atoms with Crippen molar-refractivity contribution in [1.29, 1.82) is 0 Å². The summed E-state index contributed by atoms with van der Waals surface area (Å²) in [6.07, 6.45) is 4.06. The average Bonchev–Trinajstić information content (AvgIpc) is 2.17. The molecule has 69 valence electrons. The molecule has 12 heavy (non-hydrogen) atoms. The zero-order chi connectivity index (χ0) is 8.97. The topological polar surface area (TPSA) is 29.5 Å². The number of hydrogen-bond acceptors (Lipinski definition) is 2. The molecule has 0 aromatic rings. The third kappa shape index (κ3) is 2.21. The summed E-state index contributed by atoms with van der Waals surface area (Å²) < 4.78 is 4.96. The molecule has 0 aromatic carbocycles. The molecule has 1 aliphatic heterocycles. The Morgan fingerprint density at radius 2 is 2.42 bits per heavy atom. The van der Waals surface area contributed by atoms with Crippen molar-refractivity contribution in [2.75, 3.05) is 20.2 Å². The fraction of sp³-hybridized carbons (Fsp3) is 0.778. The third-order valence-electron chi connectivity index (χ3n) is 2.20. The lowest BCUT2D eigenvalue weighted by Gasteiger charge is -2.28. The fourth-order valence-electron chi connectivity index (χ4n) is 1.32. The van der Waals surface area contributed by atoms with Gasteiger partial charge < -0.3 is 9.64 Å². The Hall–Kier alpha value is -0.570. The third-order valence-corrected chi connectivity index (χ3v) is 2.20. The molecule has 0 saturated carbocycles. The SMILES string of the molecule is CO[C@H](C)C(=O)N1C[CH]CCC1. The summed E-state index contributed by atoms with van der Waals surface area (Å²) in [6.45, 7) is 3.45. The summed E-state index contributed by atoms with van der Waals surface area (Å²) in [5, 5.41) is 0. The van der Waals surface area contributed by atoms with Gasteiger partial charge in [0, 0.05) is 20.2 Å². The summed E-state index contributed by atoms with van der Waals surface area (Å²) in [5.74, 6) is 0.105. The molecule has 0 unspecified atom stereocenters. The number of methoxy groups -OCH3 is 1. The minimum absolute atomic E-state index is 0.105. The Labute approximate surface area is 73.7 Å². The monoisotopic (exact) mass is 170 g/mol.